The van der Waals surface area contributed by atoms with E-state index in [2.05, 4.69) is 26.5 Å². The summed E-state index contributed by atoms with van der Waals surface area (Å²) in [6.45, 7) is 1.78. The van der Waals surface area contributed by atoms with Gasteiger partial charge in [-0.25, -0.2) is 4.98 Å². The summed E-state index contributed by atoms with van der Waals surface area (Å²) in [6, 6.07) is 1.79. The van der Waals surface area contributed by atoms with Crippen molar-refractivity contribution in [2.75, 3.05) is 11.9 Å². The van der Waals surface area contributed by atoms with Crippen LogP contribution in [-0.2, 0) is 0 Å². The fourth-order valence-electron chi connectivity index (χ4n) is 1.30. The van der Waals surface area contributed by atoms with Crippen molar-refractivity contribution in [3.63, 3.8) is 0 Å². The SMILES string of the molecule is Cc1nsc(NC(=O)c2sccc2C#CCCO)n1. The minimum Gasteiger partial charge on any atom is -0.395 e. The molecule has 5 nitrogen and oxygen atoms in total. The predicted molar refractivity (Wildman–Crippen MR) is 75.5 cm³/mol. The first-order valence-electron chi connectivity index (χ1n) is 5.49. The van der Waals surface area contributed by atoms with Gasteiger partial charge in [0.2, 0.25) is 5.13 Å². The number of anilines is 1. The lowest BCUT2D eigenvalue weighted by Crippen LogP contribution is -2.11. The van der Waals surface area contributed by atoms with Crippen molar-refractivity contribution >= 4 is 33.9 Å². The molecule has 98 valence electrons. The molecule has 1 amide bonds. The second-order valence-corrected chi connectivity index (χ2v) is 5.21. The van der Waals surface area contributed by atoms with E-state index in [1.165, 1.54) is 11.3 Å². The zero-order valence-corrected chi connectivity index (χ0v) is 11.8. The Bertz CT molecular complexity index is 637. The smallest absolute Gasteiger partial charge is 0.268 e. The predicted octanol–water partition coefficient (Wildman–Crippen LogP) is 1.89. The summed E-state index contributed by atoms with van der Waals surface area (Å²) in [5.41, 5.74) is 0.664. The largest absolute Gasteiger partial charge is 0.395 e. The van der Waals surface area contributed by atoms with E-state index < -0.39 is 0 Å². The quantitative estimate of drug-likeness (QED) is 0.848. The highest BCUT2D eigenvalue weighted by Gasteiger charge is 2.13. The molecule has 0 unspecified atom stereocenters. The molecule has 0 aliphatic heterocycles. The molecule has 0 bridgehead atoms. The summed E-state index contributed by atoms with van der Waals surface area (Å²) in [5, 5.41) is 13.7. The van der Waals surface area contributed by atoms with Crippen molar-refractivity contribution in [2.24, 2.45) is 0 Å². The van der Waals surface area contributed by atoms with Crippen LogP contribution in [0, 0.1) is 18.8 Å². The Hall–Kier alpha value is -1.75. The maximum atomic E-state index is 12.1. The standard InChI is InChI=1S/C12H11N3O2S2/c1-8-13-12(19-15-8)14-11(17)10-9(5-7-18-10)4-2-3-6-16/h5,7,16H,3,6H2,1H3,(H,13,14,15,17). The molecule has 0 atom stereocenters. The van der Waals surface area contributed by atoms with E-state index in [0.717, 1.165) is 11.5 Å². The molecule has 0 aliphatic rings. The van der Waals surface area contributed by atoms with Gasteiger partial charge in [0.15, 0.2) is 0 Å². The fourth-order valence-corrected chi connectivity index (χ4v) is 2.61. The normalized spacial score (nSPS) is 9.79. The summed E-state index contributed by atoms with van der Waals surface area (Å²) in [4.78, 5) is 16.7. The van der Waals surface area contributed by atoms with Crippen molar-refractivity contribution in [3.8, 4) is 11.8 Å². The molecule has 2 N–H and O–H groups in total. The Morgan fingerprint density at radius 1 is 1.58 bits per heavy atom. The van der Waals surface area contributed by atoms with Gasteiger partial charge in [-0.3, -0.25) is 10.1 Å². The highest BCUT2D eigenvalue weighted by Crippen LogP contribution is 2.19. The van der Waals surface area contributed by atoms with E-state index in [1.807, 2.05) is 5.38 Å². The second kappa shape index (κ2) is 6.43. The van der Waals surface area contributed by atoms with Gasteiger partial charge in [-0.2, -0.15) is 4.37 Å². The average molecular weight is 293 g/mol. The first-order chi connectivity index (χ1) is 9.20. The molecule has 2 aromatic rings. The van der Waals surface area contributed by atoms with E-state index >= 15 is 0 Å². The van der Waals surface area contributed by atoms with Crippen LogP contribution in [0.2, 0.25) is 0 Å². The van der Waals surface area contributed by atoms with Crippen molar-refractivity contribution in [2.45, 2.75) is 13.3 Å². The van der Waals surface area contributed by atoms with Gasteiger partial charge in [-0.05, 0) is 18.4 Å². The second-order valence-electron chi connectivity index (χ2n) is 3.54. The van der Waals surface area contributed by atoms with Crippen LogP contribution in [0.4, 0.5) is 5.13 Å². The van der Waals surface area contributed by atoms with Crippen LogP contribution >= 0.6 is 22.9 Å². The zero-order chi connectivity index (χ0) is 13.7. The number of hydrogen-bond acceptors (Lipinski definition) is 6. The van der Waals surface area contributed by atoms with Crippen LogP contribution in [0.25, 0.3) is 0 Å². The summed E-state index contributed by atoms with van der Waals surface area (Å²) in [7, 11) is 0. The van der Waals surface area contributed by atoms with E-state index in [4.69, 9.17) is 5.11 Å². The highest BCUT2D eigenvalue weighted by molar-refractivity contribution is 7.13. The lowest BCUT2D eigenvalue weighted by atomic mass is 10.2. The molecule has 0 radical (unpaired) electrons. The van der Waals surface area contributed by atoms with E-state index in [1.54, 1.807) is 13.0 Å². The molecule has 0 spiro atoms. The summed E-state index contributed by atoms with van der Waals surface area (Å²) in [5.74, 6) is 6.07. The van der Waals surface area contributed by atoms with Crippen LogP contribution in [0.15, 0.2) is 11.4 Å². The molecule has 2 heterocycles. The lowest BCUT2D eigenvalue weighted by molar-refractivity contribution is 0.103. The Kier molecular flexibility index (Phi) is 4.63. The lowest BCUT2D eigenvalue weighted by Gasteiger charge is -1.98. The van der Waals surface area contributed by atoms with Gasteiger partial charge in [0, 0.05) is 23.5 Å². The van der Waals surface area contributed by atoms with Crippen LogP contribution in [0.1, 0.15) is 27.5 Å². The van der Waals surface area contributed by atoms with E-state index in [9.17, 15) is 4.79 Å². The average Bonchev–Trinajstić information content (AvgIpc) is 2.99. The van der Waals surface area contributed by atoms with Gasteiger partial charge in [-0.1, -0.05) is 11.8 Å². The molecule has 2 rings (SSSR count). The maximum absolute atomic E-state index is 12.1. The molecule has 0 fully saturated rings. The van der Waals surface area contributed by atoms with Crippen LogP contribution < -0.4 is 5.32 Å². The summed E-state index contributed by atoms with van der Waals surface area (Å²) >= 11 is 2.47. The first kappa shape index (κ1) is 13.7. The van der Waals surface area contributed by atoms with Gasteiger partial charge in [-0.15, -0.1) is 11.3 Å². The third-order valence-corrected chi connectivity index (χ3v) is 3.71. The number of carbonyl (C=O) groups excluding carboxylic acids is 1. The Morgan fingerprint density at radius 3 is 3.11 bits per heavy atom. The number of aliphatic hydroxyl groups excluding tert-OH is 1. The number of aromatic nitrogens is 2. The molecule has 0 aliphatic carbocycles. The van der Waals surface area contributed by atoms with Gasteiger partial charge < -0.3 is 5.11 Å². The highest BCUT2D eigenvalue weighted by atomic mass is 32.1. The number of amides is 1. The Balaban J connectivity index is 2.12. The number of rotatable bonds is 3. The minimum atomic E-state index is -0.237. The summed E-state index contributed by atoms with van der Waals surface area (Å²) in [6.07, 6.45) is 0.395. The van der Waals surface area contributed by atoms with Crippen molar-refractivity contribution < 1.29 is 9.90 Å². The van der Waals surface area contributed by atoms with Crippen molar-refractivity contribution in [1.82, 2.24) is 9.36 Å². The number of aliphatic hydroxyl groups is 1. The third kappa shape index (κ3) is 3.61. The molecule has 2 aromatic heterocycles. The number of thiophene rings is 1. The zero-order valence-electron chi connectivity index (χ0n) is 10.1. The molecular formula is C12H11N3O2S2. The molecule has 7 heteroatoms. The molecule has 0 saturated carbocycles. The number of nitrogens with one attached hydrogen (secondary N) is 1. The van der Waals surface area contributed by atoms with Crippen LogP contribution in [-0.4, -0.2) is 27.0 Å². The Morgan fingerprint density at radius 2 is 2.42 bits per heavy atom. The molecule has 0 saturated heterocycles. The van der Waals surface area contributed by atoms with Crippen LogP contribution in [0.3, 0.4) is 0 Å². The van der Waals surface area contributed by atoms with E-state index in [-0.39, 0.29) is 12.5 Å². The first-order valence-corrected chi connectivity index (χ1v) is 7.15. The monoisotopic (exact) mass is 293 g/mol. The summed E-state index contributed by atoms with van der Waals surface area (Å²) < 4.78 is 4.00. The molecular weight excluding hydrogens is 282 g/mol. The number of hydrogen-bond donors (Lipinski definition) is 2. The third-order valence-electron chi connectivity index (χ3n) is 2.08. The van der Waals surface area contributed by atoms with Crippen molar-refractivity contribution in [1.29, 1.82) is 0 Å². The van der Waals surface area contributed by atoms with Crippen molar-refractivity contribution in [3.05, 3.63) is 27.7 Å². The van der Waals surface area contributed by atoms with Gasteiger partial charge in [0.25, 0.3) is 5.91 Å². The minimum absolute atomic E-state index is 0.0166. The van der Waals surface area contributed by atoms with Crippen LogP contribution in [0.5, 0.6) is 0 Å². The van der Waals surface area contributed by atoms with Gasteiger partial charge >= 0.3 is 0 Å². The maximum Gasteiger partial charge on any atom is 0.268 e. The Labute approximate surface area is 118 Å². The fraction of sp³-hybridized carbons (Fsp3) is 0.250. The van der Waals surface area contributed by atoms with E-state index in [0.29, 0.717) is 27.8 Å². The number of carbonyl (C=O) groups is 1. The number of aryl methyl sites for hydroxylation is 1. The van der Waals surface area contributed by atoms with Gasteiger partial charge in [0.1, 0.15) is 10.7 Å². The van der Waals surface area contributed by atoms with Gasteiger partial charge in [0.05, 0.1) is 6.61 Å². The molecule has 19 heavy (non-hydrogen) atoms. The molecule has 0 aromatic carbocycles. The topological polar surface area (TPSA) is 75.1 Å². The number of nitrogens with zero attached hydrogens (tertiary/aromatic N) is 2.